The van der Waals surface area contributed by atoms with Crippen LogP contribution in [0.1, 0.15) is 32.3 Å². The third-order valence-corrected chi connectivity index (χ3v) is 6.29. The molecule has 0 saturated carbocycles. The van der Waals surface area contributed by atoms with E-state index >= 15 is 0 Å². The number of H-pyrrole nitrogens is 1. The van der Waals surface area contributed by atoms with Gasteiger partial charge in [-0.15, -0.1) is 0 Å². The van der Waals surface area contributed by atoms with Crippen molar-refractivity contribution in [1.29, 1.82) is 0 Å². The molecule has 0 radical (unpaired) electrons. The van der Waals surface area contributed by atoms with Gasteiger partial charge in [-0.05, 0) is 44.4 Å². The molecule has 0 bridgehead atoms. The maximum Gasteiger partial charge on any atom is 0.330 e. The van der Waals surface area contributed by atoms with E-state index in [1.54, 1.807) is 32.2 Å². The third kappa shape index (κ3) is 5.81. The average molecular weight is 398 g/mol. The smallest absolute Gasteiger partial charge is 0.330 e. The van der Waals surface area contributed by atoms with E-state index in [1.165, 1.54) is 0 Å². The van der Waals surface area contributed by atoms with E-state index in [1.807, 2.05) is 6.07 Å². The summed E-state index contributed by atoms with van der Waals surface area (Å²) in [5.41, 5.74) is 1.61. The zero-order chi connectivity index (χ0) is 19.9. The molecule has 0 unspecified atom stereocenters. The Hall–Kier alpha value is -1.86. The van der Waals surface area contributed by atoms with Crippen LogP contribution < -0.4 is 0 Å². The van der Waals surface area contributed by atoms with E-state index in [9.17, 15) is 19.7 Å². The number of aromatic nitrogens is 1. The number of aromatic amines is 1. The van der Waals surface area contributed by atoms with Gasteiger partial charge in [0.15, 0.2) is 0 Å². The van der Waals surface area contributed by atoms with Crippen LogP contribution in [0.3, 0.4) is 0 Å². The molecule has 1 aromatic carbocycles. The van der Waals surface area contributed by atoms with Crippen molar-refractivity contribution < 1.29 is 28.7 Å². The first-order valence-corrected chi connectivity index (χ1v) is 10.8. The fourth-order valence-electron chi connectivity index (χ4n) is 2.90. The van der Waals surface area contributed by atoms with Crippen LogP contribution in [0.4, 0.5) is 0 Å². The molecule has 150 valence electrons. The number of hydrogen-bond acceptors (Lipinski definition) is 6. The molecule has 2 rings (SSSR count). The van der Waals surface area contributed by atoms with Crippen LogP contribution in [-0.4, -0.2) is 52.2 Å². The normalized spacial score (nSPS) is 11.8. The molecule has 1 aromatic heterocycles. The van der Waals surface area contributed by atoms with Crippen LogP contribution in [0.25, 0.3) is 10.9 Å². The molecule has 2 aromatic rings. The zero-order valence-electron chi connectivity index (χ0n) is 15.7. The van der Waals surface area contributed by atoms with Crippen molar-refractivity contribution in [1.82, 2.24) is 10.0 Å². The van der Waals surface area contributed by atoms with Crippen LogP contribution in [0.15, 0.2) is 24.4 Å². The number of aromatic hydroxyl groups is 1. The van der Waals surface area contributed by atoms with E-state index in [-0.39, 0.29) is 38.1 Å². The van der Waals surface area contributed by atoms with Crippen molar-refractivity contribution in [3.05, 3.63) is 30.0 Å². The summed E-state index contributed by atoms with van der Waals surface area (Å²) in [4.78, 5) is 15.1. The Morgan fingerprint density at radius 2 is 1.96 bits per heavy atom. The summed E-state index contributed by atoms with van der Waals surface area (Å²) >= 11 is 0. The Bertz CT molecular complexity index is 796. The summed E-state index contributed by atoms with van der Waals surface area (Å²) in [6.45, 7) is 4.10. The Kier molecular flexibility index (Phi) is 7.86. The van der Waals surface area contributed by atoms with Crippen molar-refractivity contribution in [3.63, 3.8) is 0 Å². The first kappa shape index (κ1) is 21.4. The van der Waals surface area contributed by atoms with Gasteiger partial charge in [-0.2, -0.15) is 0 Å². The lowest BCUT2D eigenvalue weighted by atomic mass is 10.1. The molecule has 0 aliphatic heterocycles. The number of hydrogen-bond donors (Lipinski definition) is 3. The average Bonchev–Trinajstić information content (AvgIpc) is 3.04. The highest BCUT2D eigenvalue weighted by Gasteiger charge is 2.24. The molecule has 8 nitrogen and oxygen atoms in total. The van der Waals surface area contributed by atoms with Gasteiger partial charge in [0.05, 0.1) is 25.9 Å². The largest absolute Gasteiger partial charge is 0.507 e. The monoisotopic (exact) mass is 398 g/mol. The molecule has 0 spiro atoms. The van der Waals surface area contributed by atoms with E-state index in [0.717, 1.165) is 11.1 Å². The van der Waals surface area contributed by atoms with Gasteiger partial charge < -0.3 is 19.1 Å². The molecule has 0 aliphatic rings. The Morgan fingerprint density at radius 3 is 2.63 bits per heavy atom. The maximum absolute atomic E-state index is 12.3. The highest BCUT2D eigenvalue weighted by Crippen LogP contribution is 2.48. The van der Waals surface area contributed by atoms with E-state index in [0.29, 0.717) is 23.3 Å². The van der Waals surface area contributed by atoms with Crippen LogP contribution in [0.5, 0.6) is 5.75 Å². The quantitative estimate of drug-likeness (QED) is 0.302. The lowest BCUT2D eigenvalue weighted by molar-refractivity contribution is -0.165. The molecule has 3 N–H and O–H groups in total. The summed E-state index contributed by atoms with van der Waals surface area (Å²) in [5, 5.41) is 21.3. The van der Waals surface area contributed by atoms with Gasteiger partial charge in [-0.1, -0.05) is 6.07 Å². The van der Waals surface area contributed by atoms with Gasteiger partial charge in [-0.3, -0.25) is 14.6 Å². The summed E-state index contributed by atoms with van der Waals surface area (Å²) in [6, 6.07) is 5.18. The maximum atomic E-state index is 12.3. The fourth-order valence-corrected chi connectivity index (χ4v) is 4.56. The molecular weight excluding hydrogens is 371 g/mol. The molecule has 9 heteroatoms. The van der Waals surface area contributed by atoms with Crippen LogP contribution in [-0.2, 0) is 24.8 Å². The number of phenolic OH excluding ortho intramolecular Hbond substituents is 1. The van der Waals surface area contributed by atoms with E-state index < -0.39 is 13.5 Å². The second kappa shape index (κ2) is 9.90. The Morgan fingerprint density at radius 1 is 1.26 bits per heavy atom. The second-order valence-corrected chi connectivity index (χ2v) is 8.24. The first-order chi connectivity index (χ1) is 12.9. The lowest BCUT2D eigenvalue weighted by Gasteiger charge is -2.18. The number of amides is 1. The number of fused-ring (bicyclic) bond motifs is 1. The minimum absolute atomic E-state index is 0.0414. The number of carbonyl (C=O) groups is 1. The van der Waals surface area contributed by atoms with Crippen LogP contribution in [0.2, 0.25) is 0 Å². The first-order valence-electron chi connectivity index (χ1n) is 9.05. The SMILES string of the molecule is CCOP(=O)(CCCC(=O)N(O)CCc1c[nH]c2cccc(O)c12)OCC. The molecule has 27 heavy (non-hydrogen) atoms. The molecule has 0 saturated heterocycles. The number of rotatable bonds is 11. The Labute approximate surface area is 158 Å². The van der Waals surface area contributed by atoms with Gasteiger partial charge in [0.25, 0.3) is 0 Å². The molecular formula is C18H27N2O6P. The van der Waals surface area contributed by atoms with Gasteiger partial charge in [-0.25, -0.2) is 5.06 Å². The van der Waals surface area contributed by atoms with Gasteiger partial charge >= 0.3 is 7.60 Å². The summed E-state index contributed by atoms with van der Waals surface area (Å²) < 4.78 is 22.7. The number of benzene rings is 1. The van der Waals surface area contributed by atoms with Gasteiger partial charge in [0, 0.05) is 23.5 Å². The van der Waals surface area contributed by atoms with Crippen molar-refractivity contribution in [2.75, 3.05) is 25.9 Å². The number of nitrogens with zero attached hydrogens (tertiary/aromatic N) is 1. The zero-order valence-corrected chi connectivity index (χ0v) is 16.6. The van der Waals surface area contributed by atoms with Crippen molar-refractivity contribution in [2.24, 2.45) is 0 Å². The number of hydroxylamine groups is 2. The fraction of sp³-hybridized carbons (Fsp3) is 0.500. The standard InChI is InChI=1S/C18H27N2O6P/c1-3-25-27(24,26-4-2)12-6-9-17(22)20(23)11-10-14-13-19-15-7-5-8-16(21)18(14)15/h5,7-8,13,19,21,23H,3-4,6,9-12H2,1-2H3. The predicted octanol–water partition coefficient (Wildman–Crippen LogP) is 3.68. The summed E-state index contributed by atoms with van der Waals surface area (Å²) in [5.74, 6) is -0.305. The predicted molar refractivity (Wildman–Crippen MR) is 102 cm³/mol. The molecule has 0 aliphatic carbocycles. The number of phenols is 1. The second-order valence-electron chi connectivity index (χ2n) is 6.05. The highest BCUT2D eigenvalue weighted by molar-refractivity contribution is 7.53. The third-order valence-electron chi connectivity index (χ3n) is 4.12. The highest BCUT2D eigenvalue weighted by atomic mass is 31.2. The van der Waals surface area contributed by atoms with Crippen molar-refractivity contribution >= 4 is 24.4 Å². The van der Waals surface area contributed by atoms with E-state index in [4.69, 9.17) is 9.05 Å². The minimum atomic E-state index is -3.18. The number of carbonyl (C=O) groups excluding carboxylic acids is 1. The summed E-state index contributed by atoms with van der Waals surface area (Å²) in [7, 11) is -3.18. The molecule has 0 atom stereocenters. The minimum Gasteiger partial charge on any atom is -0.507 e. The van der Waals surface area contributed by atoms with Gasteiger partial charge in [0.1, 0.15) is 5.75 Å². The Balaban J connectivity index is 1.84. The van der Waals surface area contributed by atoms with E-state index in [2.05, 4.69) is 4.98 Å². The van der Waals surface area contributed by atoms with Crippen LogP contribution in [0, 0.1) is 0 Å². The van der Waals surface area contributed by atoms with Gasteiger partial charge in [0.2, 0.25) is 5.91 Å². The molecule has 0 fully saturated rings. The topological polar surface area (TPSA) is 112 Å². The van der Waals surface area contributed by atoms with Crippen LogP contribution >= 0.6 is 7.60 Å². The summed E-state index contributed by atoms with van der Waals surface area (Å²) in [6.07, 6.45) is 2.60. The molecule has 1 amide bonds. The van der Waals surface area contributed by atoms with Crippen molar-refractivity contribution in [2.45, 2.75) is 33.1 Å². The van der Waals surface area contributed by atoms with Crippen molar-refractivity contribution in [3.8, 4) is 5.75 Å². The lowest BCUT2D eigenvalue weighted by Crippen LogP contribution is -2.29. The number of nitrogens with one attached hydrogen (secondary N) is 1. The molecule has 1 heterocycles.